The van der Waals surface area contributed by atoms with Gasteiger partial charge in [-0.05, 0) is 24.6 Å². The number of guanidine groups is 1. The van der Waals surface area contributed by atoms with Crippen molar-refractivity contribution in [2.75, 3.05) is 38.7 Å². The molecule has 31 heavy (non-hydrogen) atoms. The van der Waals surface area contributed by atoms with Gasteiger partial charge < -0.3 is 15.0 Å². The number of hydrogen-bond acceptors (Lipinski definition) is 6. The third kappa shape index (κ3) is 4.54. The van der Waals surface area contributed by atoms with Gasteiger partial charge >= 0.3 is 0 Å². The molecule has 0 spiro atoms. The molecule has 0 bridgehead atoms. The van der Waals surface area contributed by atoms with E-state index in [1.165, 1.54) is 14.2 Å². The number of likely N-dealkylation sites (N-methyl/N-ethyl adjacent to an activating group) is 1. The molecule has 11 heteroatoms. The van der Waals surface area contributed by atoms with E-state index in [9.17, 15) is 18.0 Å². The molecule has 0 saturated carbocycles. The highest BCUT2D eigenvalue weighted by Gasteiger charge is 2.33. The van der Waals surface area contributed by atoms with Crippen LogP contribution in [0.4, 0.5) is 19.1 Å². The number of methoxy groups -OCH3 is 1. The number of nitrogens with one attached hydrogen (secondary N) is 2. The Morgan fingerprint density at radius 3 is 2.71 bits per heavy atom. The highest BCUT2D eigenvalue weighted by Crippen LogP contribution is 2.27. The van der Waals surface area contributed by atoms with Crippen molar-refractivity contribution in [3.63, 3.8) is 0 Å². The van der Waals surface area contributed by atoms with Crippen molar-refractivity contribution in [1.82, 2.24) is 20.2 Å². The minimum absolute atomic E-state index is 0.0857. The number of amides is 1. The molecule has 1 aliphatic heterocycles. The third-order valence-electron chi connectivity index (χ3n) is 5.06. The summed E-state index contributed by atoms with van der Waals surface area (Å²) in [6.45, 7) is 2.06. The summed E-state index contributed by atoms with van der Waals surface area (Å²) < 4.78 is 47.9. The zero-order chi connectivity index (χ0) is 22.7. The van der Waals surface area contributed by atoms with E-state index in [1.54, 1.807) is 11.8 Å². The van der Waals surface area contributed by atoms with Crippen molar-refractivity contribution in [3.05, 3.63) is 46.9 Å². The first-order valence-corrected chi connectivity index (χ1v) is 9.67. The second-order valence-electron chi connectivity index (χ2n) is 6.98. The number of aryl methyl sites for hydroxylation is 1. The van der Waals surface area contributed by atoms with E-state index in [0.29, 0.717) is 0 Å². The SMILES string of the molecule is CCc1nc(N2CCNC(=N)N(C)C(=O)[C@@H](c3cc(F)ccc3F)C2)nc(OC)c1F. The number of hydrogen-bond donors (Lipinski definition) is 2. The zero-order valence-electron chi connectivity index (χ0n) is 17.4. The van der Waals surface area contributed by atoms with E-state index in [2.05, 4.69) is 15.3 Å². The van der Waals surface area contributed by atoms with Crippen LogP contribution in [0.1, 0.15) is 24.1 Å². The molecule has 0 unspecified atom stereocenters. The Kier molecular flexibility index (Phi) is 6.62. The third-order valence-corrected chi connectivity index (χ3v) is 5.06. The maximum absolute atomic E-state index is 14.6. The average Bonchev–Trinajstić information content (AvgIpc) is 2.81. The minimum atomic E-state index is -1.16. The van der Waals surface area contributed by atoms with Gasteiger partial charge in [0.1, 0.15) is 11.6 Å². The number of nitrogens with zero attached hydrogens (tertiary/aromatic N) is 4. The molecule has 8 nitrogen and oxygen atoms in total. The fraction of sp³-hybridized carbons (Fsp3) is 0.400. The lowest BCUT2D eigenvalue weighted by molar-refractivity contribution is -0.128. The van der Waals surface area contributed by atoms with E-state index >= 15 is 0 Å². The molecule has 1 aliphatic rings. The van der Waals surface area contributed by atoms with Gasteiger partial charge in [-0.25, -0.2) is 13.8 Å². The van der Waals surface area contributed by atoms with Gasteiger partial charge in [0.2, 0.25) is 17.7 Å². The molecule has 0 radical (unpaired) electrons. The van der Waals surface area contributed by atoms with Crippen LogP contribution in [0.25, 0.3) is 0 Å². The number of anilines is 1. The molecule has 0 aliphatic carbocycles. The number of aromatic nitrogens is 2. The van der Waals surface area contributed by atoms with Gasteiger partial charge in [0.25, 0.3) is 5.88 Å². The number of rotatable bonds is 4. The molecule has 3 rings (SSSR count). The van der Waals surface area contributed by atoms with Crippen LogP contribution < -0.4 is 15.0 Å². The summed E-state index contributed by atoms with van der Waals surface area (Å²) in [5.74, 6) is -4.24. The largest absolute Gasteiger partial charge is 0.479 e. The van der Waals surface area contributed by atoms with Gasteiger partial charge in [-0.3, -0.25) is 15.1 Å². The van der Waals surface area contributed by atoms with Crippen LogP contribution in [0.5, 0.6) is 5.88 Å². The van der Waals surface area contributed by atoms with Crippen molar-refractivity contribution in [2.45, 2.75) is 19.3 Å². The van der Waals surface area contributed by atoms with Crippen molar-refractivity contribution in [2.24, 2.45) is 0 Å². The Labute approximate surface area is 177 Å². The number of benzene rings is 1. The van der Waals surface area contributed by atoms with Crippen LogP contribution in [0.2, 0.25) is 0 Å². The van der Waals surface area contributed by atoms with Gasteiger partial charge in [-0.2, -0.15) is 9.37 Å². The van der Waals surface area contributed by atoms with Crippen molar-refractivity contribution >= 4 is 17.8 Å². The van der Waals surface area contributed by atoms with Crippen molar-refractivity contribution < 1.29 is 22.7 Å². The summed E-state index contributed by atoms with van der Waals surface area (Å²) in [6.07, 6.45) is 0.276. The monoisotopic (exact) mass is 436 g/mol. The Morgan fingerprint density at radius 2 is 2.03 bits per heavy atom. The van der Waals surface area contributed by atoms with E-state index in [4.69, 9.17) is 10.1 Å². The van der Waals surface area contributed by atoms with E-state index < -0.39 is 29.3 Å². The van der Waals surface area contributed by atoms with E-state index in [1.807, 2.05) is 0 Å². The second-order valence-corrected chi connectivity index (χ2v) is 6.98. The molecule has 1 saturated heterocycles. The summed E-state index contributed by atoms with van der Waals surface area (Å²) in [7, 11) is 2.66. The van der Waals surface area contributed by atoms with Crippen LogP contribution in [0.3, 0.4) is 0 Å². The lowest BCUT2D eigenvalue weighted by Crippen LogP contribution is -2.44. The predicted molar refractivity (Wildman–Crippen MR) is 108 cm³/mol. The standard InChI is InChI=1S/C20H23F3N6O2/c1-4-15-16(23)17(31-3)27-20(26-15)29-8-7-25-19(24)28(2)18(30)13(10-29)12-9-11(21)5-6-14(12)22/h5-6,9,13H,4,7-8,10H2,1-3H3,(H2,24,25)/t13-/m1/s1. The van der Waals surface area contributed by atoms with Crippen LogP contribution in [0.15, 0.2) is 18.2 Å². The Morgan fingerprint density at radius 1 is 1.29 bits per heavy atom. The first-order chi connectivity index (χ1) is 14.8. The highest BCUT2D eigenvalue weighted by molar-refractivity contribution is 5.98. The molecular weight excluding hydrogens is 413 g/mol. The molecule has 1 aromatic heterocycles. The van der Waals surface area contributed by atoms with Gasteiger partial charge in [0.05, 0.1) is 18.7 Å². The first kappa shape index (κ1) is 22.3. The molecule has 2 N–H and O–H groups in total. The summed E-state index contributed by atoms with van der Waals surface area (Å²) in [6, 6.07) is 2.87. The molecule has 2 aromatic rings. The maximum Gasteiger partial charge on any atom is 0.255 e. The molecule has 166 valence electrons. The molecular formula is C20H23F3N6O2. The van der Waals surface area contributed by atoms with E-state index in [0.717, 1.165) is 23.1 Å². The number of halogens is 3. The van der Waals surface area contributed by atoms with Crippen LogP contribution in [-0.4, -0.2) is 60.5 Å². The Hall–Kier alpha value is -3.37. The maximum atomic E-state index is 14.6. The smallest absolute Gasteiger partial charge is 0.255 e. The van der Waals surface area contributed by atoms with E-state index in [-0.39, 0.29) is 55.1 Å². The first-order valence-electron chi connectivity index (χ1n) is 9.67. The zero-order valence-corrected chi connectivity index (χ0v) is 17.4. The fourth-order valence-electron chi connectivity index (χ4n) is 3.33. The lowest BCUT2D eigenvalue weighted by atomic mass is 9.96. The van der Waals surface area contributed by atoms with Crippen LogP contribution >= 0.6 is 0 Å². The van der Waals surface area contributed by atoms with Crippen molar-refractivity contribution in [1.29, 1.82) is 5.41 Å². The number of carbonyl (C=O) groups is 1. The minimum Gasteiger partial charge on any atom is -0.479 e. The second kappa shape index (κ2) is 9.19. The number of carbonyl (C=O) groups excluding carboxylic acids is 1. The van der Waals surface area contributed by atoms with Gasteiger partial charge in [-0.15, -0.1) is 0 Å². The number of ether oxygens (including phenoxy) is 1. The fourth-order valence-corrected chi connectivity index (χ4v) is 3.33. The summed E-state index contributed by atoms with van der Waals surface area (Å²) in [4.78, 5) is 24.1. The average molecular weight is 436 g/mol. The quantitative estimate of drug-likeness (QED) is 0.762. The molecule has 1 fully saturated rings. The molecule has 1 atom stereocenters. The predicted octanol–water partition coefficient (Wildman–Crippen LogP) is 2.05. The molecule has 1 amide bonds. The van der Waals surface area contributed by atoms with Gasteiger partial charge in [-0.1, -0.05) is 6.92 Å². The van der Waals surface area contributed by atoms with Gasteiger partial charge in [0, 0.05) is 32.2 Å². The van der Waals surface area contributed by atoms with Crippen LogP contribution in [-0.2, 0) is 11.2 Å². The summed E-state index contributed by atoms with van der Waals surface area (Å²) in [5.41, 5.74) is -0.0271. The summed E-state index contributed by atoms with van der Waals surface area (Å²) >= 11 is 0. The normalized spacial score (nSPS) is 17.7. The van der Waals surface area contributed by atoms with Crippen LogP contribution in [0, 0.1) is 22.9 Å². The topological polar surface area (TPSA) is 94.4 Å². The molecule has 1 aromatic carbocycles. The summed E-state index contributed by atoms with van der Waals surface area (Å²) in [5, 5.41) is 10.8. The Bertz CT molecular complexity index is 978. The Balaban J connectivity index is 2.10. The van der Waals surface area contributed by atoms with Gasteiger partial charge in [0.15, 0.2) is 5.96 Å². The molecule has 2 heterocycles. The highest BCUT2D eigenvalue weighted by atomic mass is 19.1. The lowest BCUT2D eigenvalue weighted by Gasteiger charge is -2.28. The van der Waals surface area contributed by atoms with Crippen molar-refractivity contribution in [3.8, 4) is 5.88 Å².